The van der Waals surface area contributed by atoms with E-state index < -0.39 is 0 Å². The molecular formula is C22H22ClNO2. The molecule has 3 aromatic rings. The molecule has 1 unspecified atom stereocenters. The van der Waals surface area contributed by atoms with Gasteiger partial charge in [-0.05, 0) is 61.4 Å². The van der Waals surface area contributed by atoms with Gasteiger partial charge >= 0.3 is 0 Å². The summed E-state index contributed by atoms with van der Waals surface area (Å²) in [5.74, 6) is 1.02. The maximum atomic E-state index is 12.9. The van der Waals surface area contributed by atoms with Crippen molar-refractivity contribution >= 4 is 28.5 Å². The average molecular weight is 368 g/mol. The maximum absolute atomic E-state index is 12.9. The van der Waals surface area contributed by atoms with E-state index in [1.807, 2.05) is 17.0 Å². The smallest absolute Gasteiger partial charge is 0.289 e. The Bertz CT molecular complexity index is 903. The molecule has 0 N–H and O–H groups in total. The van der Waals surface area contributed by atoms with Crippen LogP contribution >= 0.6 is 11.6 Å². The zero-order chi connectivity index (χ0) is 17.9. The summed E-state index contributed by atoms with van der Waals surface area (Å²) in [7, 11) is 0. The number of hydrogen-bond acceptors (Lipinski definition) is 2. The molecule has 1 atom stereocenters. The van der Waals surface area contributed by atoms with Gasteiger partial charge in [0, 0.05) is 23.5 Å². The molecule has 1 fully saturated rings. The number of fused-ring (bicyclic) bond motifs is 1. The van der Waals surface area contributed by atoms with Crippen molar-refractivity contribution in [1.29, 1.82) is 0 Å². The Kier molecular flexibility index (Phi) is 4.98. The van der Waals surface area contributed by atoms with Gasteiger partial charge in [0.15, 0.2) is 5.76 Å². The molecule has 0 aliphatic carbocycles. The summed E-state index contributed by atoms with van der Waals surface area (Å²) in [6.45, 7) is 1.58. The van der Waals surface area contributed by atoms with Crippen LogP contribution in [-0.4, -0.2) is 23.9 Å². The number of likely N-dealkylation sites (tertiary alicyclic amines) is 1. The monoisotopic (exact) mass is 367 g/mol. The lowest BCUT2D eigenvalue weighted by molar-refractivity contribution is 0.0730. The molecule has 3 nitrogen and oxygen atoms in total. The van der Waals surface area contributed by atoms with Crippen molar-refractivity contribution in [3.05, 3.63) is 70.9 Å². The molecule has 26 heavy (non-hydrogen) atoms. The van der Waals surface area contributed by atoms with Crippen molar-refractivity contribution < 1.29 is 9.21 Å². The van der Waals surface area contributed by atoms with E-state index in [4.69, 9.17) is 16.0 Å². The fourth-order valence-corrected chi connectivity index (χ4v) is 3.98. The third-order valence-electron chi connectivity index (χ3n) is 5.19. The van der Waals surface area contributed by atoms with Crippen LogP contribution in [0.2, 0.25) is 5.02 Å². The maximum Gasteiger partial charge on any atom is 0.289 e. The van der Waals surface area contributed by atoms with Crippen molar-refractivity contribution in [1.82, 2.24) is 4.90 Å². The number of carbonyl (C=O) groups is 1. The standard InChI is InChI=1S/C22H22ClNO2/c23-19-8-9-20-18(14-19)15-21(26-20)22(25)24-11-4-7-17(10-12-24)13-16-5-2-1-3-6-16/h1-3,5-6,8-9,14-15,17H,4,7,10-13H2. The number of carbonyl (C=O) groups excluding carboxylic acids is 1. The minimum absolute atomic E-state index is 0.0160. The van der Waals surface area contributed by atoms with E-state index in [1.54, 1.807) is 12.1 Å². The minimum Gasteiger partial charge on any atom is -0.451 e. The van der Waals surface area contributed by atoms with Crippen molar-refractivity contribution in [2.75, 3.05) is 13.1 Å². The summed E-state index contributed by atoms with van der Waals surface area (Å²) >= 11 is 6.02. The molecule has 2 heterocycles. The molecule has 4 heteroatoms. The van der Waals surface area contributed by atoms with Gasteiger partial charge in [0.05, 0.1) is 0 Å². The second-order valence-corrected chi connectivity index (χ2v) is 7.51. The predicted octanol–water partition coefficient (Wildman–Crippen LogP) is 5.57. The molecule has 1 aromatic heterocycles. The zero-order valence-corrected chi connectivity index (χ0v) is 15.4. The molecule has 1 aliphatic rings. The topological polar surface area (TPSA) is 33.5 Å². The van der Waals surface area contributed by atoms with Crippen LogP contribution in [0.4, 0.5) is 0 Å². The van der Waals surface area contributed by atoms with Crippen LogP contribution in [0.25, 0.3) is 11.0 Å². The van der Waals surface area contributed by atoms with E-state index in [1.165, 1.54) is 5.56 Å². The zero-order valence-electron chi connectivity index (χ0n) is 14.7. The van der Waals surface area contributed by atoms with Crippen LogP contribution < -0.4 is 0 Å². The highest BCUT2D eigenvalue weighted by atomic mass is 35.5. The summed E-state index contributed by atoms with van der Waals surface area (Å²) in [6.07, 6.45) is 4.32. The lowest BCUT2D eigenvalue weighted by Gasteiger charge is -2.19. The number of benzene rings is 2. The summed E-state index contributed by atoms with van der Waals surface area (Å²) < 4.78 is 5.75. The van der Waals surface area contributed by atoms with Crippen LogP contribution in [0, 0.1) is 5.92 Å². The number of rotatable bonds is 3. The van der Waals surface area contributed by atoms with Gasteiger partial charge in [-0.1, -0.05) is 41.9 Å². The largest absolute Gasteiger partial charge is 0.451 e. The van der Waals surface area contributed by atoms with Gasteiger partial charge in [0.25, 0.3) is 5.91 Å². The SMILES string of the molecule is O=C(c1cc2cc(Cl)ccc2o1)N1CCCC(Cc2ccccc2)CC1. The third kappa shape index (κ3) is 3.78. The Hall–Kier alpha value is -2.26. The number of amides is 1. The third-order valence-corrected chi connectivity index (χ3v) is 5.43. The lowest BCUT2D eigenvalue weighted by Crippen LogP contribution is -2.31. The van der Waals surface area contributed by atoms with Crippen molar-refractivity contribution in [2.24, 2.45) is 5.92 Å². The first-order valence-electron chi connectivity index (χ1n) is 9.21. The normalized spacial score (nSPS) is 18.0. The molecule has 2 aromatic carbocycles. The minimum atomic E-state index is -0.0160. The second-order valence-electron chi connectivity index (χ2n) is 7.07. The molecular weight excluding hydrogens is 346 g/mol. The second kappa shape index (κ2) is 7.55. The van der Waals surface area contributed by atoms with Crippen LogP contribution in [0.3, 0.4) is 0 Å². The lowest BCUT2D eigenvalue weighted by atomic mass is 9.93. The van der Waals surface area contributed by atoms with E-state index >= 15 is 0 Å². The molecule has 1 saturated heterocycles. The summed E-state index contributed by atoms with van der Waals surface area (Å²) in [6, 6.07) is 17.8. The van der Waals surface area contributed by atoms with Crippen LogP contribution in [0.5, 0.6) is 0 Å². The van der Waals surface area contributed by atoms with E-state index in [0.29, 0.717) is 22.3 Å². The van der Waals surface area contributed by atoms with E-state index in [-0.39, 0.29) is 5.91 Å². The predicted molar refractivity (Wildman–Crippen MR) is 105 cm³/mol. The first-order valence-corrected chi connectivity index (χ1v) is 9.59. The molecule has 0 bridgehead atoms. The fraction of sp³-hybridized carbons (Fsp3) is 0.318. The van der Waals surface area contributed by atoms with Gasteiger partial charge in [0.2, 0.25) is 0 Å². The summed E-state index contributed by atoms with van der Waals surface area (Å²) in [5, 5.41) is 1.52. The molecule has 1 amide bonds. The van der Waals surface area contributed by atoms with Gasteiger partial charge in [-0.2, -0.15) is 0 Å². The first kappa shape index (κ1) is 17.2. The summed E-state index contributed by atoms with van der Waals surface area (Å²) in [4.78, 5) is 14.8. The highest BCUT2D eigenvalue weighted by Crippen LogP contribution is 2.26. The van der Waals surface area contributed by atoms with Crippen molar-refractivity contribution in [2.45, 2.75) is 25.7 Å². The van der Waals surface area contributed by atoms with Gasteiger partial charge in [0.1, 0.15) is 5.58 Å². The highest BCUT2D eigenvalue weighted by Gasteiger charge is 2.24. The Morgan fingerprint density at radius 2 is 1.92 bits per heavy atom. The van der Waals surface area contributed by atoms with Gasteiger partial charge in [-0.15, -0.1) is 0 Å². The van der Waals surface area contributed by atoms with E-state index in [9.17, 15) is 4.79 Å². The van der Waals surface area contributed by atoms with Crippen molar-refractivity contribution in [3.8, 4) is 0 Å². The molecule has 134 valence electrons. The average Bonchev–Trinajstić information content (AvgIpc) is 2.93. The quantitative estimate of drug-likeness (QED) is 0.606. The number of furan rings is 1. The summed E-state index contributed by atoms with van der Waals surface area (Å²) in [5.41, 5.74) is 2.08. The Morgan fingerprint density at radius 1 is 1.08 bits per heavy atom. The van der Waals surface area contributed by atoms with E-state index in [0.717, 1.165) is 44.2 Å². The molecule has 4 rings (SSSR count). The molecule has 0 radical (unpaired) electrons. The van der Waals surface area contributed by atoms with Gasteiger partial charge in [-0.25, -0.2) is 0 Å². The van der Waals surface area contributed by atoms with E-state index in [2.05, 4.69) is 30.3 Å². The van der Waals surface area contributed by atoms with Crippen molar-refractivity contribution in [3.63, 3.8) is 0 Å². The number of halogens is 1. The number of hydrogen-bond donors (Lipinski definition) is 0. The highest BCUT2D eigenvalue weighted by molar-refractivity contribution is 6.31. The Morgan fingerprint density at radius 3 is 2.77 bits per heavy atom. The van der Waals surface area contributed by atoms with Crippen LogP contribution in [0.1, 0.15) is 35.4 Å². The van der Waals surface area contributed by atoms with Gasteiger partial charge < -0.3 is 9.32 Å². The van der Waals surface area contributed by atoms with Crippen LogP contribution in [0.15, 0.2) is 59.0 Å². The number of nitrogens with zero attached hydrogens (tertiary/aromatic N) is 1. The Labute approximate surface area is 158 Å². The van der Waals surface area contributed by atoms with Gasteiger partial charge in [-0.3, -0.25) is 4.79 Å². The molecule has 1 aliphatic heterocycles. The fourth-order valence-electron chi connectivity index (χ4n) is 3.80. The molecule has 0 spiro atoms. The Balaban J connectivity index is 1.43. The molecule has 0 saturated carbocycles. The van der Waals surface area contributed by atoms with Crippen LogP contribution in [-0.2, 0) is 6.42 Å². The first-order chi connectivity index (χ1) is 12.7.